The molecule has 2 N–H and O–H groups in total. The largest absolute Gasteiger partial charge is 0.481 e. The highest BCUT2D eigenvalue weighted by molar-refractivity contribution is 7.89. The summed E-state index contributed by atoms with van der Waals surface area (Å²) in [5.41, 5.74) is 4.76. The maximum atomic E-state index is 13.3. The molecule has 1 unspecified atom stereocenters. The summed E-state index contributed by atoms with van der Waals surface area (Å²) in [6.07, 6.45) is 3.66. The average molecular weight is 613 g/mol. The van der Waals surface area contributed by atoms with Crippen LogP contribution >= 0.6 is 11.6 Å². The van der Waals surface area contributed by atoms with Crippen molar-refractivity contribution in [3.8, 4) is 0 Å². The molecular weight excluding hydrogens is 579 g/mol. The predicted octanol–water partition coefficient (Wildman–Crippen LogP) is 5.43. The highest BCUT2D eigenvalue weighted by atomic mass is 35.5. The standard InChI is InChI=1S/C32H34ClFN2O5S/c33-26-4-9-29(10-5-26)42(40,41)35-28-8-11-30-24(3-12-31(37)38)17-21(18-25(30)19-28)20-36-15-13-23(14-16-36)32(39)22-1-6-27(34)7-2-22/h1-2,4-7,9-10,17-18,23,28,35H,3,8,11-16,19-20H2,(H,37,38). The van der Waals surface area contributed by atoms with E-state index in [2.05, 4.69) is 21.8 Å². The van der Waals surface area contributed by atoms with Crippen molar-refractivity contribution in [2.45, 2.75) is 62.4 Å². The Morgan fingerprint density at radius 2 is 1.69 bits per heavy atom. The van der Waals surface area contributed by atoms with E-state index in [9.17, 15) is 27.5 Å². The molecule has 2 aliphatic rings. The number of likely N-dealkylation sites (tertiary alicyclic amines) is 1. The summed E-state index contributed by atoms with van der Waals surface area (Å²) in [5, 5.41) is 9.79. The van der Waals surface area contributed by atoms with Gasteiger partial charge in [0, 0.05) is 35.5 Å². The molecule has 1 atom stereocenters. The summed E-state index contributed by atoms with van der Waals surface area (Å²) in [7, 11) is -3.72. The molecular formula is C32H34ClFN2O5S. The topological polar surface area (TPSA) is 104 Å². The molecule has 7 nitrogen and oxygen atoms in total. The van der Waals surface area contributed by atoms with E-state index in [0.29, 0.717) is 55.7 Å². The lowest BCUT2D eigenvalue weighted by atomic mass is 9.83. The number of benzene rings is 3. The summed E-state index contributed by atoms with van der Waals surface area (Å²) >= 11 is 5.92. The lowest BCUT2D eigenvalue weighted by Gasteiger charge is -2.32. The molecule has 5 rings (SSSR count). The summed E-state index contributed by atoms with van der Waals surface area (Å²) in [6.45, 7) is 2.14. The van der Waals surface area contributed by atoms with Gasteiger partial charge in [-0.25, -0.2) is 17.5 Å². The van der Waals surface area contributed by atoms with Gasteiger partial charge in [-0.2, -0.15) is 0 Å². The number of nitrogens with zero attached hydrogens (tertiary/aromatic N) is 1. The number of carbonyl (C=O) groups excluding carboxylic acids is 1. The minimum absolute atomic E-state index is 0.0272. The third-order valence-electron chi connectivity index (χ3n) is 8.25. The van der Waals surface area contributed by atoms with Gasteiger partial charge in [0.15, 0.2) is 5.78 Å². The van der Waals surface area contributed by atoms with Crippen LogP contribution in [0.15, 0.2) is 65.6 Å². The maximum absolute atomic E-state index is 13.3. The van der Waals surface area contributed by atoms with E-state index in [-0.39, 0.29) is 34.9 Å². The summed E-state index contributed by atoms with van der Waals surface area (Å²) in [5.74, 6) is -1.27. The quantitative estimate of drug-likeness (QED) is 0.296. The lowest BCUT2D eigenvalue weighted by Crippen LogP contribution is -2.39. The molecule has 222 valence electrons. The van der Waals surface area contributed by atoms with Crippen molar-refractivity contribution in [1.82, 2.24) is 9.62 Å². The van der Waals surface area contributed by atoms with Crippen LogP contribution in [-0.2, 0) is 40.6 Å². The first-order valence-electron chi connectivity index (χ1n) is 14.2. The molecule has 1 saturated heterocycles. The van der Waals surface area contributed by atoms with Gasteiger partial charge in [-0.15, -0.1) is 0 Å². The second kappa shape index (κ2) is 13.0. The number of aryl methyl sites for hydroxylation is 1. The van der Waals surface area contributed by atoms with Crippen molar-refractivity contribution in [2.75, 3.05) is 13.1 Å². The molecule has 0 radical (unpaired) electrons. The third-order valence-corrected chi connectivity index (χ3v) is 10.0. The average Bonchev–Trinajstić information content (AvgIpc) is 2.96. The minimum atomic E-state index is -3.72. The van der Waals surface area contributed by atoms with Crippen molar-refractivity contribution >= 4 is 33.4 Å². The van der Waals surface area contributed by atoms with Gasteiger partial charge >= 0.3 is 5.97 Å². The van der Waals surface area contributed by atoms with Gasteiger partial charge in [0.05, 0.1) is 4.90 Å². The zero-order valence-electron chi connectivity index (χ0n) is 23.2. The fourth-order valence-electron chi connectivity index (χ4n) is 6.08. The van der Waals surface area contributed by atoms with Crippen LogP contribution in [0.25, 0.3) is 0 Å². The zero-order chi connectivity index (χ0) is 29.9. The van der Waals surface area contributed by atoms with Crippen LogP contribution in [0.3, 0.4) is 0 Å². The van der Waals surface area contributed by atoms with Gasteiger partial charge in [0.2, 0.25) is 10.0 Å². The molecule has 0 aromatic heterocycles. The van der Waals surface area contributed by atoms with E-state index in [1.807, 2.05) is 0 Å². The first-order valence-corrected chi connectivity index (χ1v) is 16.1. The van der Waals surface area contributed by atoms with Gasteiger partial charge in [-0.1, -0.05) is 23.7 Å². The maximum Gasteiger partial charge on any atom is 0.303 e. The van der Waals surface area contributed by atoms with Gasteiger partial charge in [0.1, 0.15) is 5.82 Å². The van der Waals surface area contributed by atoms with E-state index < -0.39 is 16.0 Å². The number of carboxylic acids is 1. The van der Waals surface area contributed by atoms with Crippen LogP contribution in [0.4, 0.5) is 4.39 Å². The van der Waals surface area contributed by atoms with Crippen LogP contribution in [0.1, 0.15) is 58.3 Å². The number of hydrogen-bond donors (Lipinski definition) is 2. The molecule has 3 aromatic carbocycles. The van der Waals surface area contributed by atoms with Crippen molar-refractivity contribution < 1.29 is 27.5 Å². The molecule has 0 spiro atoms. The summed E-state index contributed by atoms with van der Waals surface area (Å²) in [6, 6.07) is 15.7. The Bertz CT molecular complexity index is 1550. The number of Topliss-reactive ketones (excluding diaryl/α,β-unsaturated/α-hetero) is 1. The van der Waals surface area contributed by atoms with E-state index in [1.54, 1.807) is 24.3 Å². The number of piperidine rings is 1. The molecule has 0 saturated carbocycles. The lowest BCUT2D eigenvalue weighted by molar-refractivity contribution is -0.136. The van der Waals surface area contributed by atoms with E-state index in [4.69, 9.17) is 11.6 Å². The Morgan fingerprint density at radius 1 is 1.00 bits per heavy atom. The SMILES string of the molecule is O=C(O)CCc1cc(CN2CCC(C(=O)c3ccc(F)cc3)CC2)cc2c1CCC(NS(=O)(=O)c1ccc(Cl)cc1)C2. The highest BCUT2D eigenvalue weighted by Crippen LogP contribution is 2.30. The molecule has 10 heteroatoms. The van der Waals surface area contributed by atoms with Crippen LogP contribution in [-0.4, -0.2) is 49.3 Å². The monoisotopic (exact) mass is 612 g/mol. The van der Waals surface area contributed by atoms with Gasteiger partial charge in [-0.3, -0.25) is 14.5 Å². The Kier molecular flexibility index (Phi) is 9.42. The normalized spacial score (nSPS) is 18.0. The summed E-state index contributed by atoms with van der Waals surface area (Å²) < 4.78 is 42.1. The molecule has 1 fully saturated rings. The molecule has 0 amide bonds. The first-order chi connectivity index (χ1) is 20.1. The van der Waals surface area contributed by atoms with Crippen LogP contribution in [0, 0.1) is 11.7 Å². The summed E-state index contributed by atoms with van der Waals surface area (Å²) in [4.78, 5) is 26.7. The number of carbonyl (C=O) groups is 2. The van der Waals surface area contributed by atoms with Crippen LogP contribution in [0.5, 0.6) is 0 Å². The fourth-order valence-corrected chi connectivity index (χ4v) is 7.47. The number of carboxylic acid groups (broad SMARTS) is 1. The predicted molar refractivity (Wildman–Crippen MR) is 159 cm³/mol. The molecule has 1 aliphatic heterocycles. The minimum Gasteiger partial charge on any atom is -0.481 e. The zero-order valence-corrected chi connectivity index (χ0v) is 24.8. The number of ketones is 1. The number of halogens is 2. The Balaban J connectivity index is 1.28. The first kappa shape index (κ1) is 30.4. The smallest absolute Gasteiger partial charge is 0.303 e. The number of aliphatic carboxylic acids is 1. The third kappa shape index (κ3) is 7.45. The number of rotatable bonds is 10. The van der Waals surface area contributed by atoms with Crippen molar-refractivity contribution in [1.29, 1.82) is 0 Å². The highest BCUT2D eigenvalue weighted by Gasteiger charge is 2.28. The van der Waals surface area contributed by atoms with Crippen molar-refractivity contribution in [2.24, 2.45) is 5.92 Å². The number of sulfonamides is 1. The van der Waals surface area contributed by atoms with E-state index in [1.165, 1.54) is 24.3 Å². The number of nitrogens with one attached hydrogen (secondary N) is 1. The van der Waals surface area contributed by atoms with E-state index in [0.717, 1.165) is 35.3 Å². The number of fused-ring (bicyclic) bond motifs is 1. The van der Waals surface area contributed by atoms with Crippen molar-refractivity contribution in [3.63, 3.8) is 0 Å². The van der Waals surface area contributed by atoms with Gasteiger partial charge < -0.3 is 5.11 Å². The van der Waals surface area contributed by atoms with Crippen LogP contribution < -0.4 is 4.72 Å². The molecule has 0 bridgehead atoms. The second-order valence-electron chi connectivity index (χ2n) is 11.2. The molecule has 1 heterocycles. The Hall–Kier alpha value is -3.11. The Labute approximate surface area is 250 Å². The van der Waals surface area contributed by atoms with Gasteiger partial charge in [-0.05, 0) is 122 Å². The Morgan fingerprint density at radius 3 is 2.36 bits per heavy atom. The van der Waals surface area contributed by atoms with Gasteiger partial charge in [0.25, 0.3) is 0 Å². The number of hydrogen-bond acceptors (Lipinski definition) is 5. The molecule has 42 heavy (non-hydrogen) atoms. The van der Waals surface area contributed by atoms with Crippen LogP contribution in [0.2, 0.25) is 5.02 Å². The molecule has 1 aliphatic carbocycles. The second-order valence-corrected chi connectivity index (χ2v) is 13.4. The molecule has 3 aromatic rings. The fraction of sp³-hybridized carbons (Fsp3) is 0.375. The van der Waals surface area contributed by atoms with Crippen molar-refractivity contribution in [3.05, 3.63) is 99.3 Å². The van der Waals surface area contributed by atoms with E-state index >= 15 is 0 Å².